The van der Waals surface area contributed by atoms with Gasteiger partial charge < -0.3 is 19.7 Å². The van der Waals surface area contributed by atoms with E-state index >= 15 is 0 Å². The van der Waals surface area contributed by atoms with Crippen LogP contribution in [0.3, 0.4) is 0 Å². The Morgan fingerprint density at radius 1 is 1.03 bits per heavy atom. The van der Waals surface area contributed by atoms with Crippen molar-refractivity contribution in [2.24, 2.45) is 0 Å². The molecule has 2 aliphatic rings. The molecule has 1 N–H and O–H groups in total. The maximum atomic E-state index is 12.7. The fourth-order valence-corrected chi connectivity index (χ4v) is 4.10. The lowest BCUT2D eigenvalue weighted by atomic mass is 10.2. The summed E-state index contributed by atoms with van der Waals surface area (Å²) in [6.07, 6.45) is 0.803. The lowest BCUT2D eigenvalue weighted by Gasteiger charge is -2.34. The maximum Gasteiger partial charge on any atom is 0.250 e. The van der Waals surface area contributed by atoms with E-state index in [1.807, 2.05) is 30.3 Å². The molecule has 1 fully saturated rings. The average Bonchev–Trinajstić information content (AvgIpc) is 3.21. The minimum atomic E-state index is -0.131. The molecule has 5 rings (SSSR count). The molecule has 0 saturated carbocycles. The predicted molar refractivity (Wildman–Crippen MR) is 123 cm³/mol. The van der Waals surface area contributed by atoms with Crippen molar-refractivity contribution in [1.82, 2.24) is 25.1 Å². The van der Waals surface area contributed by atoms with Crippen molar-refractivity contribution >= 4 is 29.1 Å². The largest absolute Gasteiger partial charge is 0.490 e. The Morgan fingerprint density at radius 3 is 2.52 bits per heavy atom. The number of carbonyl (C=O) groups excluding carboxylic acids is 1. The number of anilines is 2. The molecule has 33 heavy (non-hydrogen) atoms. The summed E-state index contributed by atoms with van der Waals surface area (Å²) in [5.41, 5.74) is 1.43. The van der Waals surface area contributed by atoms with Gasteiger partial charge in [0.2, 0.25) is 11.9 Å². The van der Waals surface area contributed by atoms with Crippen LogP contribution in [0, 0.1) is 0 Å². The normalized spacial score (nSPS) is 16.3. The molecule has 11 heteroatoms. The first-order chi connectivity index (χ1) is 16.2. The minimum Gasteiger partial charge on any atom is -0.490 e. The molecule has 0 radical (unpaired) electrons. The van der Waals surface area contributed by atoms with Crippen LogP contribution in [0.5, 0.6) is 11.5 Å². The molecular weight excluding hydrogens is 446 g/mol. The van der Waals surface area contributed by atoms with Crippen LogP contribution in [0.15, 0.2) is 42.5 Å². The Morgan fingerprint density at radius 2 is 1.76 bits per heavy atom. The molecule has 0 bridgehead atoms. The lowest BCUT2D eigenvalue weighted by Crippen LogP contribution is -2.49. The number of carbonyl (C=O) groups is 1. The van der Waals surface area contributed by atoms with Crippen LogP contribution < -0.4 is 19.7 Å². The highest BCUT2D eigenvalue weighted by atomic mass is 35.5. The van der Waals surface area contributed by atoms with Gasteiger partial charge in [-0.1, -0.05) is 34.9 Å². The quantitative estimate of drug-likeness (QED) is 0.607. The van der Waals surface area contributed by atoms with E-state index < -0.39 is 0 Å². The Kier molecular flexibility index (Phi) is 6.27. The van der Waals surface area contributed by atoms with Crippen LogP contribution in [-0.4, -0.2) is 77.0 Å². The second-order valence-electron chi connectivity index (χ2n) is 7.87. The topological polar surface area (TPSA) is 97.6 Å². The van der Waals surface area contributed by atoms with Crippen molar-refractivity contribution in [2.75, 3.05) is 56.2 Å². The number of nitrogens with one attached hydrogen (secondary N) is 1. The number of aromatic nitrogens is 4. The first-order valence-electron chi connectivity index (χ1n) is 10.9. The highest BCUT2D eigenvalue weighted by Gasteiger charge is 2.24. The van der Waals surface area contributed by atoms with Crippen LogP contribution in [-0.2, 0) is 4.79 Å². The van der Waals surface area contributed by atoms with E-state index in [0.717, 1.165) is 12.1 Å². The number of fused-ring (bicyclic) bond motifs is 1. The average molecular weight is 470 g/mol. The summed E-state index contributed by atoms with van der Waals surface area (Å²) in [5.74, 6) is 1.76. The molecule has 0 aliphatic carbocycles. The Bertz CT molecular complexity index is 1120. The molecule has 0 atom stereocenters. The number of ether oxygens (including phenoxy) is 2. The van der Waals surface area contributed by atoms with Gasteiger partial charge in [0.05, 0.1) is 36.2 Å². The smallest absolute Gasteiger partial charge is 0.250 e. The highest BCUT2D eigenvalue weighted by molar-refractivity contribution is 6.34. The Balaban J connectivity index is 1.18. The van der Waals surface area contributed by atoms with Crippen molar-refractivity contribution in [3.05, 3.63) is 47.5 Å². The number of halogens is 1. The fraction of sp³-hybridized carbons (Fsp3) is 0.364. The molecule has 1 amide bonds. The summed E-state index contributed by atoms with van der Waals surface area (Å²) < 4.78 is 13.1. The summed E-state index contributed by atoms with van der Waals surface area (Å²) in [6, 6.07) is 13.2. The number of para-hydroxylation sites is 1. The molecule has 1 aromatic heterocycles. The van der Waals surface area contributed by atoms with Gasteiger partial charge in [-0.15, -0.1) is 0 Å². The van der Waals surface area contributed by atoms with Gasteiger partial charge in [-0.2, -0.15) is 4.68 Å². The minimum absolute atomic E-state index is 0.131. The van der Waals surface area contributed by atoms with Crippen LogP contribution >= 0.6 is 11.6 Å². The summed E-state index contributed by atoms with van der Waals surface area (Å²) in [6.45, 7) is 4.27. The van der Waals surface area contributed by atoms with Gasteiger partial charge >= 0.3 is 0 Å². The molecule has 0 unspecified atom stereocenters. The van der Waals surface area contributed by atoms with Crippen LogP contribution in [0.25, 0.3) is 5.69 Å². The zero-order chi connectivity index (χ0) is 22.6. The van der Waals surface area contributed by atoms with Gasteiger partial charge in [0, 0.05) is 44.7 Å². The molecule has 172 valence electrons. The first kappa shape index (κ1) is 21.5. The van der Waals surface area contributed by atoms with Gasteiger partial charge in [0.25, 0.3) is 0 Å². The van der Waals surface area contributed by atoms with Crippen LogP contribution in [0.2, 0.25) is 5.02 Å². The van der Waals surface area contributed by atoms with Crippen molar-refractivity contribution in [2.45, 2.75) is 6.42 Å². The van der Waals surface area contributed by atoms with E-state index in [0.29, 0.717) is 67.6 Å². The molecule has 3 heterocycles. The van der Waals surface area contributed by atoms with E-state index in [-0.39, 0.29) is 12.5 Å². The molecule has 1 saturated heterocycles. The summed E-state index contributed by atoms with van der Waals surface area (Å²) in [5, 5.41) is 15.5. The van der Waals surface area contributed by atoms with Crippen molar-refractivity contribution < 1.29 is 14.3 Å². The summed E-state index contributed by atoms with van der Waals surface area (Å²) >= 11 is 6.35. The first-order valence-corrected chi connectivity index (χ1v) is 11.3. The molecule has 0 spiro atoms. The molecular formula is C22H24ClN7O3. The zero-order valence-corrected chi connectivity index (χ0v) is 18.7. The number of benzene rings is 2. The van der Waals surface area contributed by atoms with Crippen LogP contribution in [0.1, 0.15) is 6.42 Å². The van der Waals surface area contributed by atoms with E-state index in [1.165, 1.54) is 0 Å². The van der Waals surface area contributed by atoms with Gasteiger partial charge in [-0.25, -0.2) is 0 Å². The second kappa shape index (κ2) is 9.63. The lowest BCUT2D eigenvalue weighted by molar-refractivity contribution is -0.117. The maximum absolute atomic E-state index is 12.7. The number of rotatable bonds is 5. The van der Waals surface area contributed by atoms with E-state index in [9.17, 15) is 4.79 Å². The monoisotopic (exact) mass is 469 g/mol. The van der Waals surface area contributed by atoms with Crippen molar-refractivity contribution in [3.63, 3.8) is 0 Å². The van der Waals surface area contributed by atoms with Gasteiger partial charge in [-0.05, 0) is 22.6 Å². The SMILES string of the molecule is O=C(CN1CCN(c2nnnn2-c2ccccc2)CC1)Nc1cc2c(cc1Cl)OCCCO2. The van der Waals surface area contributed by atoms with E-state index in [2.05, 4.69) is 30.6 Å². The predicted octanol–water partition coefficient (Wildman–Crippen LogP) is 2.24. The zero-order valence-electron chi connectivity index (χ0n) is 18.0. The third-order valence-electron chi connectivity index (χ3n) is 5.59. The summed E-state index contributed by atoms with van der Waals surface area (Å²) in [4.78, 5) is 16.9. The van der Waals surface area contributed by atoms with E-state index in [1.54, 1.807) is 16.8 Å². The highest BCUT2D eigenvalue weighted by Crippen LogP contribution is 2.37. The van der Waals surface area contributed by atoms with Crippen molar-refractivity contribution in [1.29, 1.82) is 0 Å². The molecule has 10 nitrogen and oxygen atoms in total. The number of hydrogen-bond donors (Lipinski definition) is 1. The van der Waals surface area contributed by atoms with E-state index in [4.69, 9.17) is 21.1 Å². The number of hydrogen-bond acceptors (Lipinski definition) is 8. The van der Waals surface area contributed by atoms with Gasteiger partial charge in [0.15, 0.2) is 11.5 Å². The van der Waals surface area contributed by atoms with Gasteiger partial charge in [-0.3, -0.25) is 9.69 Å². The molecule has 3 aromatic rings. The third-order valence-corrected chi connectivity index (χ3v) is 5.90. The number of nitrogens with zero attached hydrogens (tertiary/aromatic N) is 6. The molecule has 2 aromatic carbocycles. The fourth-order valence-electron chi connectivity index (χ4n) is 3.89. The third kappa shape index (κ3) is 4.86. The second-order valence-corrected chi connectivity index (χ2v) is 8.27. The molecule has 2 aliphatic heterocycles. The number of piperazine rings is 1. The summed E-state index contributed by atoms with van der Waals surface area (Å²) in [7, 11) is 0. The van der Waals surface area contributed by atoms with Crippen LogP contribution in [0.4, 0.5) is 11.6 Å². The van der Waals surface area contributed by atoms with Gasteiger partial charge in [0.1, 0.15) is 0 Å². The standard InChI is InChI=1S/C22H24ClN7O3/c23-17-13-19-20(33-12-4-11-32-19)14-18(17)24-21(31)15-28-7-9-29(10-8-28)22-25-26-27-30(22)16-5-2-1-3-6-16/h1-3,5-6,13-14H,4,7-12,15H2,(H,24,31). The van der Waals surface area contributed by atoms with Crippen molar-refractivity contribution in [3.8, 4) is 17.2 Å². The number of amides is 1. The number of tetrazole rings is 1. The Hall–Kier alpha value is -3.37. The Labute approximate surface area is 196 Å².